The molecular weight excluding hydrogens is 257 g/mol. The summed E-state index contributed by atoms with van der Waals surface area (Å²) in [5.41, 5.74) is 3.96. The number of hydrogen-bond acceptors (Lipinski definition) is 3. The molecule has 0 spiro atoms. The third kappa shape index (κ3) is 3.38. The fourth-order valence-electron chi connectivity index (χ4n) is 1.70. The van der Waals surface area contributed by atoms with E-state index in [2.05, 4.69) is 10.2 Å². The summed E-state index contributed by atoms with van der Waals surface area (Å²) < 4.78 is 41.0. The average molecular weight is 268 g/mol. The molecule has 0 aliphatic rings. The molecule has 0 unspecified atom stereocenters. The van der Waals surface area contributed by atoms with Crippen molar-refractivity contribution in [1.29, 1.82) is 0 Å². The van der Waals surface area contributed by atoms with E-state index in [0.717, 1.165) is 0 Å². The van der Waals surface area contributed by atoms with Crippen LogP contribution in [-0.4, -0.2) is 6.36 Å². The smallest absolute Gasteiger partial charge is 0.405 e. The molecule has 0 fully saturated rings. The maximum absolute atomic E-state index is 12.3. The first-order chi connectivity index (χ1) is 8.99. The molecule has 0 bridgehead atoms. The fraction of sp³-hybridized carbons (Fsp3) is 0.0769. The molecule has 3 N–H and O–H groups in total. The van der Waals surface area contributed by atoms with Gasteiger partial charge in [-0.2, -0.15) is 0 Å². The van der Waals surface area contributed by atoms with E-state index in [1.165, 1.54) is 12.1 Å². The number of nitrogens with one attached hydrogen (secondary N) is 1. The summed E-state index contributed by atoms with van der Waals surface area (Å²) in [6, 6.07) is 12.7. The second-order valence-corrected chi connectivity index (χ2v) is 3.77. The molecule has 2 aromatic carbocycles. The van der Waals surface area contributed by atoms with Gasteiger partial charge in [0.15, 0.2) is 0 Å². The van der Waals surface area contributed by atoms with E-state index < -0.39 is 6.36 Å². The Labute approximate surface area is 107 Å². The first kappa shape index (κ1) is 13.2. The summed E-state index contributed by atoms with van der Waals surface area (Å²) in [6.07, 6.45) is -4.72. The lowest BCUT2D eigenvalue weighted by Gasteiger charge is -2.13. The Bertz CT molecular complexity index is 570. The minimum absolute atomic E-state index is 0.246. The van der Waals surface area contributed by atoms with Gasteiger partial charge < -0.3 is 10.2 Å². The van der Waals surface area contributed by atoms with Gasteiger partial charge in [-0.3, -0.25) is 5.84 Å². The Morgan fingerprint density at radius 2 is 1.74 bits per heavy atom. The topological polar surface area (TPSA) is 47.3 Å². The van der Waals surface area contributed by atoms with Crippen LogP contribution < -0.4 is 16.0 Å². The van der Waals surface area contributed by atoms with Crippen molar-refractivity contribution < 1.29 is 17.9 Å². The van der Waals surface area contributed by atoms with Crippen LogP contribution in [0.25, 0.3) is 11.1 Å². The van der Waals surface area contributed by atoms with Gasteiger partial charge in [-0.15, -0.1) is 13.2 Å². The number of para-hydroxylation sites is 1. The molecule has 6 heteroatoms. The number of rotatable bonds is 3. The second-order valence-electron chi connectivity index (χ2n) is 3.77. The molecule has 0 saturated carbocycles. The fourth-order valence-corrected chi connectivity index (χ4v) is 1.70. The van der Waals surface area contributed by atoms with E-state index in [4.69, 9.17) is 5.84 Å². The summed E-state index contributed by atoms with van der Waals surface area (Å²) in [7, 11) is 0. The highest BCUT2D eigenvalue weighted by Gasteiger charge is 2.32. The van der Waals surface area contributed by atoms with Crippen LogP contribution >= 0.6 is 0 Å². The minimum atomic E-state index is -4.72. The number of alkyl halides is 3. The van der Waals surface area contributed by atoms with Crippen molar-refractivity contribution in [3.8, 4) is 16.9 Å². The van der Waals surface area contributed by atoms with E-state index in [1.807, 2.05) is 0 Å². The number of hydrogen-bond donors (Lipinski definition) is 2. The van der Waals surface area contributed by atoms with Crippen molar-refractivity contribution in [3.63, 3.8) is 0 Å². The first-order valence-electron chi connectivity index (χ1n) is 5.41. The van der Waals surface area contributed by atoms with Gasteiger partial charge in [0.2, 0.25) is 0 Å². The molecule has 3 nitrogen and oxygen atoms in total. The summed E-state index contributed by atoms with van der Waals surface area (Å²) in [5.74, 6) is 5.03. The molecular formula is C13H11F3N2O. The Morgan fingerprint density at radius 1 is 1.00 bits per heavy atom. The zero-order valence-corrected chi connectivity index (χ0v) is 9.74. The lowest BCUT2D eigenvalue weighted by Crippen LogP contribution is -2.17. The predicted octanol–water partition coefficient (Wildman–Crippen LogP) is 3.54. The van der Waals surface area contributed by atoms with Gasteiger partial charge in [-0.05, 0) is 23.8 Å². The standard InChI is InChI=1S/C13H11F3N2O/c14-13(15,16)19-12-7-2-1-6-11(12)9-4-3-5-10(8-9)18-17/h1-8,18H,17H2. The van der Waals surface area contributed by atoms with Gasteiger partial charge in [-0.25, -0.2) is 0 Å². The highest BCUT2D eigenvalue weighted by atomic mass is 19.4. The lowest BCUT2D eigenvalue weighted by molar-refractivity contribution is -0.274. The van der Waals surface area contributed by atoms with Crippen LogP contribution in [0.4, 0.5) is 18.9 Å². The van der Waals surface area contributed by atoms with Gasteiger partial charge in [0.25, 0.3) is 0 Å². The highest BCUT2D eigenvalue weighted by molar-refractivity contribution is 5.73. The average Bonchev–Trinajstić information content (AvgIpc) is 2.37. The van der Waals surface area contributed by atoms with E-state index in [0.29, 0.717) is 16.8 Å². The largest absolute Gasteiger partial charge is 0.573 e. The van der Waals surface area contributed by atoms with Crippen LogP contribution in [0, 0.1) is 0 Å². The maximum atomic E-state index is 12.3. The van der Waals surface area contributed by atoms with Crippen molar-refractivity contribution >= 4 is 5.69 Å². The summed E-state index contributed by atoms with van der Waals surface area (Å²) in [6.45, 7) is 0. The molecule has 0 aromatic heterocycles. The van der Waals surface area contributed by atoms with Crippen molar-refractivity contribution in [2.75, 3.05) is 5.43 Å². The number of anilines is 1. The number of nitrogen functional groups attached to an aromatic ring is 1. The zero-order chi connectivity index (χ0) is 13.9. The molecule has 0 heterocycles. The maximum Gasteiger partial charge on any atom is 0.573 e. The van der Waals surface area contributed by atoms with Gasteiger partial charge in [0.05, 0.1) is 0 Å². The van der Waals surface area contributed by atoms with E-state index in [1.54, 1.807) is 36.4 Å². The van der Waals surface area contributed by atoms with Gasteiger partial charge in [0.1, 0.15) is 5.75 Å². The molecule has 100 valence electrons. The van der Waals surface area contributed by atoms with Gasteiger partial charge in [0, 0.05) is 11.3 Å². The van der Waals surface area contributed by atoms with Crippen molar-refractivity contribution in [1.82, 2.24) is 0 Å². The quantitative estimate of drug-likeness (QED) is 0.661. The Balaban J connectivity index is 2.44. The lowest BCUT2D eigenvalue weighted by atomic mass is 10.0. The number of ether oxygens (including phenoxy) is 1. The normalized spacial score (nSPS) is 11.2. The number of halogens is 3. The third-order valence-corrected chi connectivity index (χ3v) is 2.45. The summed E-state index contributed by atoms with van der Waals surface area (Å²) in [5, 5.41) is 0. The molecule has 0 radical (unpaired) electrons. The zero-order valence-electron chi connectivity index (χ0n) is 9.74. The molecule has 2 aromatic rings. The second kappa shape index (κ2) is 5.19. The minimum Gasteiger partial charge on any atom is -0.405 e. The van der Waals surface area contributed by atoms with Gasteiger partial charge >= 0.3 is 6.36 Å². The molecule has 0 aliphatic carbocycles. The van der Waals surface area contributed by atoms with Gasteiger partial charge in [-0.1, -0.05) is 30.3 Å². The summed E-state index contributed by atoms with van der Waals surface area (Å²) in [4.78, 5) is 0. The van der Waals surface area contributed by atoms with Crippen LogP contribution in [0.1, 0.15) is 0 Å². The van der Waals surface area contributed by atoms with Crippen LogP contribution in [-0.2, 0) is 0 Å². The molecule has 0 aliphatic heterocycles. The SMILES string of the molecule is NNc1cccc(-c2ccccc2OC(F)(F)F)c1. The van der Waals surface area contributed by atoms with E-state index >= 15 is 0 Å². The molecule has 19 heavy (non-hydrogen) atoms. The van der Waals surface area contributed by atoms with Crippen LogP contribution in [0.3, 0.4) is 0 Å². The van der Waals surface area contributed by atoms with Crippen LogP contribution in [0.15, 0.2) is 48.5 Å². The predicted molar refractivity (Wildman–Crippen MR) is 66.4 cm³/mol. The number of benzene rings is 2. The van der Waals surface area contributed by atoms with E-state index in [-0.39, 0.29) is 5.75 Å². The van der Waals surface area contributed by atoms with Crippen molar-refractivity contribution in [3.05, 3.63) is 48.5 Å². The Kier molecular flexibility index (Phi) is 3.62. The highest BCUT2D eigenvalue weighted by Crippen LogP contribution is 2.34. The number of hydrazine groups is 1. The van der Waals surface area contributed by atoms with Crippen LogP contribution in [0.5, 0.6) is 5.75 Å². The van der Waals surface area contributed by atoms with Crippen molar-refractivity contribution in [2.24, 2.45) is 5.84 Å². The summed E-state index contributed by atoms with van der Waals surface area (Å²) >= 11 is 0. The Morgan fingerprint density at radius 3 is 2.42 bits per heavy atom. The molecule has 0 amide bonds. The monoisotopic (exact) mass is 268 g/mol. The number of nitrogens with two attached hydrogens (primary N) is 1. The third-order valence-electron chi connectivity index (χ3n) is 2.45. The molecule has 2 rings (SSSR count). The van der Waals surface area contributed by atoms with Crippen molar-refractivity contribution in [2.45, 2.75) is 6.36 Å². The molecule has 0 saturated heterocycles. The Hall–Kier alpha value is -2.21. The van der Waals surface area contributed by atoms with E-state index in [9.17, 15) is 13.2 Å². The molecule has 0 atom stereocenters. The first-order valence-corrected chi connectivity index (χ1v) is 5.41. The van der Waals surface area contributed by atoms with Crippen LogP contribution in [0.2, 0.25) is 0 Å².